The van der Waals surface area contributed by atoms with E-state index in [9.17, 15) is 13.2 Å². The Hall–Kier alpha value is -1.23. The Balaban J connectivity index is 1.95. The van der Waals surface area contributed by atoms with E-state index in [0.717, 1.165) is 11.3 Å². The van der Waals surface area contributed by atoms with Gasteiger partial charge in [0.05, 0.1) is 0 Å². The number of hydrogen-bond acceptors (Lipinski definition) is 2. The molecule has 0 bridgehead atoms. The summed E-state index contributed by atoms with van der Waals surface area (Å²) in [6.07, 6.45) is -3.77. The van der Waals surface area contributed by atoms with Crippen LogP contribution in [-0.2, 0) is 6.54 Å². The van der Waals surface area contributed by atoms with E-state index in [2.05, 4.69) is 5.32 Å². The molecule has 1 saturated carbocycles. The van der Waals surface area contributed by atoms with Crippen LogP contribution in [0.15, 0.2) is 24.3 Å². The highest BCUT2D eigenvalue weighted by Gasteiger charge is 2.62. The molecule has 1 aromatic rings. The van der Waals surface area contributed by atoms with Gasteiger partial charge in [0.2, 0.25) is 0 Å². The fourth-order valence-corrected chi connectivity index (χ4v) is 1.87. The summed E-state index contributed by atoms with van der Waals surface area (Å²) in [7, 11) is 3.85. The maximum absolute atomic E-state index is 12.7. The zero-order valence-electron chi connectivity index (χ0n) is 10.5. The lowest BCUT2D eigenvalue weighted by Crippen LogP contribution is -2.44. The first kappa shape index (κ1) is 13.2. The van der Waals surface area contributed by atoms with Gasteiger partial charge in [-0.2, -0.15) is 13.2 Å². The quantitative estimate of drug-likeness (QED) is 0.893. The lowest BCUT2D eigenvalue weighted by atomic mass is 10.1. The summed E-state index contributed by atoms with van der Waals surface area (Å²) in [5.74, 6) is 0. The third kappa shape index (κ3) is 2.61. The average Bonchev–Trinajstić information content (AvgIpc) is 3.07. The van der Waals surface area contributed by atoms with Crippen LogP contribution in [0, 0.1) is 0 Å². The van der Waals surface area contributed by atoms with Crippen LogP contribution in [0.1, 0.15) is 18.4 Å². The van der Waals surface area contributed by atoms with Crippen molar-refractivity contribution in [2.24, 2.45) is 0 Å². The van der Waals surface area contributed by atoms with Gasteiger partial charge in [-0.25, -0.2) is 0 Å². The fraction of sp³-hybridized carbons (Fsp3) is 0.538. The Morgan fingerprint density at radius 3 is 2.11 bits per heavy atom. The normalized spacial score (nSPS) is 17.6. The summed E-state index contributed by atoms with van der Waals surface area (Å²) in [5, 5.41) is 2.64. The molecule has 0 spiro atoms. The minimum Gasteiger partial charge on any atom is -0.378 e. The summed E-state index contributed by atoms with van der Waals surface area (Å²) < 4.78 is 38.1. The molecule has 2 nitrogen and oxygen atoms in total. The summed E-state index contributed by atoms with van der Waals surface area (Å²) in [6, 6.07) is 7.53. The van der Waals surface area contributed by atoms with Gasteiger partial charge in [-0.15, -0.1) is 0 Å². The third-order valence-electron chi connectivity index (χ3n) is 3.38. The first-order chi connectivity index (χ1) is 8.34. The molecule has 100 valence electrons. The van der Waals surface area contributed by atoms with E-state index in [1.807, 2.05) is 43.3 Å². The Morgan fingerprint density at radius 1 is 1.17 bits per heavy atom. The molecular weight excluding hydrogens is 241 g/mol. The molecule has 0 unspecified atom stereocenters. The molecule has 0 amide bonds. The van der Waals surface area contributed by atoms with Crippen molar-refractivity contribution in [2.45, 2.75) is 31.1 Å². The maximum atomic E-state index is 12.7. The molecular formula is C13H17F3N2. The number of anilines is 1. The summed E-state index contributed by atoms with van der Waals surface area (Å²) >= 11 is 0. The molecule has 1 aliphatic carbocycles. The van der Waals surface area contributed by atoms with E-state index in [0.29, 0.717) is 0 Å². The third-order valence-corrected chi connectivity index (χ3v) is 3.38. The van der Waals surface area contributed by atoms with E-state index in [1.54, 1.807) is 0 Å². The number of rotatable bonds is 4. The van der Waals surface area contributed by atoms with Crippen molar-refractivity contribution in [3.05, 3.63) is 29.8 Å². The Morgan fingerprint density at radius 2 is 1.72 bits per heavy atom. The van der Waals surface area contributed by atoms with Gasteiger partial charge >= 0.3 is 6.18 Å². The van der Waals surface area contributed by atoms with Crippen LogP contribution >= 0.6 is 0 Å². The van der Waals surface area contributed by atoms with Crippen molar-refractivity contribution in [3.63, 3.8) is 0 Å². The van der Waals surface area contributed by atoms with Gasteiger partial charge in [-0.05, 0) is 30.5 Å². The van der Waals surface area contributed by atoms with Crippen molar-refractivity contribution in [1.29, 1.82) is 0 Å². The molecule has 2 rings (SSSR count). The molecule has 5 heteroatoms. The molecule has 1 aliphatic rings. The topological polar surface area (TPSA) is 15.3 Å². The van der Waals surface area contributed by atoms with Crippen LogP contribution in [0.3, 0.4) is 0 Å². The molecule has 1 aromatic carbocycles. The molecule has 18 heavy (non-hydrogen) atoms. The van der Waals surface area contributed by atoms with Crippen molar-refractivity contribution in [2.75, 3.05) is 19.0 Å². The standard InChI is InChI=1S/C13H17F3N2/c1-18(2)11-5-3-10(4-6-11)9-17-12(7-8-12)13(14,15)16/h3-6,17H,7-9H2,1-2H3. The Kier molecular flexibility index (Phi) is 3.27. The van der Waals surface area contributed by atoms with Gasteiger partial charge < -0.3 is 4.90 Å². The molecule has 0 aromatic heterocycles. The van der Waals surface area contributed by atoms with Crippen LogP contribution in [0.2, 0.25) is 0 Å². The second kappa shape index (κ2) is 4.46. The first-order valence-corrected chi connectivity index (χ1v) is 5.92. The zero-order valence-corrected chi connectivity index (χ0v) is 10.5. The van der Waals surface area contributed by atoms with Gasteiger partial charge in [0.25, 0.3) is 0 Å². The molecule has 0 aliphatic heterocycles. The van der Waals surface area contributed by atoms with E-state index in [-0.39, 0.29) is 19.4 Å². The van der Waals surface area contributed by atoms with Crippen LogP contribution in [0.4, 0.5) is 18.9 Å². The predicted molar refractivity (Wildman–Crippen MR) is 65.6 cm³/mol. The number of halogens is 3. The number of nitrogens with one attached hydrogen (secondary N) is 1. The lowest BCUT2D eigenvalue weighted by molar-refractivity contribution is -0.166. The highest BCUT2D eigenvalue weighted by molar-refractivity contribution is 5.46. The monoisotopic (exact) mass is 258 g/mol. The van der Waals surface area contributed by atoms with E-state index in [4.69, 9.17) is 0 Å². The van der Waals surface area contributed by atoms with E-state index in [1.165, 1.54) is 0 Å². The van der Waals surface area contributed by atoms with E-state index < -0.39 is 11.7 Å². The van der Waals surface area contributed by atoms with Gasteiger partial charge in [0.1, 0.15) is 5.54 Å². The van der Waals surface area contributed by atoms with Crippen molar-refractivity contribution in [3.8, 4) is 0 Å². The number of alkyl halides is 3. The second-order valence-corrected chi connectivity index (χ2v) is 4.99. The largest absolute Gasteiger partial charge is 0.406 e. The molecule has 1 N–H and O–H groups in total. The predicted octanol–water partition coefficient (Wildman–Crippen LogP) is 2.94. The average molecular weight is 258 g/mol. The van der Waals surface area contributed by atoms with Gasteiger partial charge in [0, 0.05) is 26.3 Å². The highest BCUT2D eigenvalue weighted by Crippen LogP contribution is 2.49. The SMILES string of the molecule is CN(C)c1ccc(CNC2(C(F)(F)F)CC2)cc1. The highest BCUT2D eigenvalue weighted by atomic mass is 19.4. The molecule has 0 atom stereocenters. The smallest absolute Gasteiger partial charge is 0.378 e. The summed E-state index contributed by atoms with van der Waals surface area (Å²) in [5.41, 5.74) is 0.277. The minimum absolute atomic E-state index is 0.187. The maximum Gasteiger partial charge on any atom is 0.406 e. The lowest BCUT2D eigenvalue weighted by Gasteiger charge is -2.21. The molecule has 1 fully saturated rings. The fourth-order valence-electron chi connectivity index (χ4n) is 1.87. The molecule has 0 heterocycles. The molecule has 0 saturated heterocycles. The summed E-state index contributed by atoms with van der Waals surface area (Å²) in [6.45, 7) is 0.257. The number of benzene rings is 1. The van der Waals surface area contributed by atoms with Gasteiger partial charge in [0.15, 0.2) is 0 Å². The van der Waals surface area contributed by atoms with Crippen LogP contribution in [0.5, 0.6) is 0 Å². The van der Waals surface area contributed by atoms with Gasteiger partial charge in [-0.1, -0.05) is 12.1 Å². The first-order valence-electron chi connectivity index (χ1n) is 5.92. The minimum atomic E-state index is -4.14. The van der Waals surface area contributed by atoms with Gasteiger partial charge in [-0.3, -0.25) is 5.32 Å². The van der Waals surface area contributed by atoms with Crippen molar-refractivity contribution >= 4 is 5.69 Å². The Labute approximate surface area is 105 Å². The van der Waals surface area contributed by atoms with Crippen LogP contribution < -0.4 is 10.2 Å². The summed E-state index contributed by atoms with van der Waals surface area (Å²) in [4.78, 5) is 1.95. The van der Waals surface area contributed by atoms with E-state index >= 15 is 0 Å². The second-order valence-electron chi connectivity index (χ2n) is 4.99. The van der Waals surface area contributed by atoms with Crippen molar-refractivity contribution in [1.82, 2.24) is 5.32 Å². The number of hydrogen-bond donors (Lipinski definition) is 1. The Bertz CT molecular complexity index is 405. The zero-order chi connectivity index (χ0) is 13.4. The van der Waals surface area contributed by atoms with Crippen LogP contribution in [-0.4, -0.2) is 25.8 Å². The molecule has 0 radical (unpaired) electrons. The van der Waals surface area contributed by atoms with Crippen molar-refractivity contribution < 1.29 is 13.2 Å². The van der Waals surface area contributed by atoms with Crippen LogP contribution in [0.25, 0.3) is 0 Å². The number of nitrogens with zero attached hydrogens (tertiary/aromatic N) is 1.